The zero-order chi connectivity index (χ0) is 20.1. The van der Waals surface area contributed by atoms with Gasteiger partial charge in [0.1, 0.15) is 0 Å². The highest BCUT2D eigenvalue weighted by Gasteiger charge is 2.14. The van der Waals surface area contributed by atoms with Gasteiger partial charge in [0.25, 0.3) is 5.91 Å². The molecule has 8 heteroatoms. The number of carbonyl (C=O) groups is 1. The predicted octanol–water partition coefficient (Wildman–Crippen LogP) is 3.24. The van der Waals surface area contributed by atoms with Gasteiger partial charge in [-0.25, -0.2) is 8.42 Å². The van der Waals surface area contributed by atoms with Crippen LogP contribution in [0.25, 0.3) is 0 Å². The smallest absolute Gasteiger partial charge is 0.253 e. The molecule has 1 aliphatic heterocycles. The molecule has 2 aromatic rings. The molecule has 1 amide bonds. The first kappa shape index (κ1) is 20.6. The average molecular weight is 422 g/mol. The Morgan fingerprint density at radius 3 is 2.36 bits per heavy atom. The normalized spacial score (nSPS) is 14.8. The molecule has 0 aromatic heterocycles. The second-order valence-corrected chi connectivity index (χ2v) is 9.21. The summed E-state index contributed by atoms with van der Waals surface area (Å²) in [7, 11) is -3.43. The number of carbonyl (C=O) groups excluding carboxylic acids is 1. The third kappa shape index (κ3) is 5.95. The van der Waals surface area contributed by atoms with Crippen molar-refractivity contribution in [2.24, 2.45) is 0 Å². The van der Waals surface area contributed by atoms with Crippen molar-refractivity contribution in [3.63, 3.8) is 0 Å². The summed E-state index contributed by atoms with van der Waals surface area (Å²) in [5.41, 5.74) is 2.77. The highest BCUT2D eigenvalue weighted by Crippen LogP contribution is 2.21. The highest BCUT2D eigenvalue weighted by molar-refractivity contribution is 7.92. The summed E-state index contributed by atoms with van der Waals surface area (Å²) in [4.78, 5) is 14.9. The Balaban J connectivity index is 1.59. The number of sulfonamides is 1. The van der Waals surface area contributed by atoms with E-state index in [2.05, 4.69) is 27.1 Å². The summed E-state index contributed by atoms with van der Waals surface area (Å²) in [5.74, 6) is -0.358. The van der Waals surface area contributed by atoms with Crippen LogP contribution in [0.1, 0.15) is 34.3 Å². The minimum absolute atomic E-state index is 0.223. The van der Waals surface area contributed by atoms with Crippen molar-refractivity contribution >= 4 is 33.2 Å². The maximum Gasteiger partial charge on any atom is 0.253 e. The highest BCUT2D eigenvalue weighted by atomic mass is 35.5. The van der Waals surface area contributed by atoms with E-state index in [1.165, 1.54) is 36.6 Å². The van der Waals surface area contributed by atoms with Crippen molar-refractivity contribution in [2.75, 3.05) is 24.1 Å². The molecule has 6 nitrogen and oxygen atoms in total. The van der Waals surface area contributed by atoms with Gasteiger partial charge in [0.05, 0.1) is 16.8 Å². The minimum Gasteiger partial charge on any atom is -0.348 e. The molecular weight excluding hydrogens is 398 g/mol. The van der Waals surface area contributed by atoms with Crippen LogP contribution < -0.4 is 10.0 Å². The Morgan fingerprint density at radius 2 is 1.71 bits per heavy atom. The summed E-state index contributed by atoms with van der Waals surface area (Å²) in [6.45, 7) is 3.64. The van der Waals surface area contributed by atoms with E-state index in [0.29, 0.717) is 12.2 Å². The lowest BCUT2D eigenvalue weighted by Crippen LogP contribution is -2.23. The van der Waals surface area contributed by atoms with Crippen LogP contribution in [-0.4, -0.2) is 38.6 Å². The number of hydrogen-bond acceptors (Lipinski definition) is 4. The second kappa shape index (κ2) is 8.94. The summed E-state index contributed by atoms with van der Waals surface area (Å²) < 4.78 is 25.1. The number of amides is 1. The van der Waals surface area contributed by atoms with Crippen molar-refractivity contribution in [3.8, 4) is 0 Å². The number of hydrogen-bond donors (Lipinski definition) is 2. The Bertz CT molecular complexity index is 940. The molecule has 28 heavy (non-hydrogen) atoms. The molecule has 3 rings (SSSR count). The second-order valence-electron chi connectivity index (χ2n) is 7.05. The molecule has 2 aromatic carbocycles. The van der Waals surface area contributed by atoms with Crippen molar-refractivity contribution in [1.82, 2.24) is 10.2 Å². The summed E-state index contributed by atoms with van der Waals surface area (Å²) in [6.07, 6.45) is 3.59. The molecule has 0 bridgehead atoms. The molecule has 0 spiro atoms. The van der Waals surface area contributed by atoms with Crippen LogP contribution in [0.4, 0.5) is 5.69 Å². The number of nitrogens with one attached hydrogen (secondary N) is 2. The number of nitrogens with zero attached hydrogens (tertiary/aromatic N) is 1. The van der Waals surface area contributed by atoms with Crippen molar-refractivity contribution in [1.29, 1.82) is 0 Å². The molecule has 150 valence electrons. The van der Waals surface area contributed by atoms with Gasteiger partial charge in [-0.2, -0.15) is 0 Å². The molecular formula is C20H24ClN3O3S. The van der Waals surface area contributed by atoms with Gasteiger partial charge in [-0.15, -0.1) is 0 Å². The van der Waals surface area contributed by atoms with E-state index < -0.39 is 10.0 Å². The van der Waals surface area contributed by atoms with Gasteiger partial charge in [0.2, 0.25) is 10.0 Å². The van der Waals surface area contributed by atoms with Crippen LogP contribution in [0, 0.1) is 0 Å². The number of halogens is 1. The molecule has 1 heterocycles. The Kier molecular flexibility index (Phi) is 6.59. The van der Waals surface area contributed by atoms with Crippen molar-refractivity contribution in [2.45, 2.75) is 25.9 Å². The quantitative estimate of drug-likeness (QED) is 0.719. The minimum atomic E-state index is -3.43. The van der Waals surface area contributed by atoms with Gasteiger partial charge in [-0.05, 0) is 55.3 Å². The zero-order valence-electron chi connectivity index (χ0n) is 15.7. The molecule has 0 saturated carbocycles. The van der Waals surface area contributed by atoms with Crippen LogP contribution >= 0.6 is 11.6 Å². The van der Waals surface area contributed by atoms with Crippen molar-refractivity contribution in [3.05, 3.63) is 64.2 Å². The number of anilines is 1. The van der Waals surface area contributed by atoms with Crippen LogP contribution in [-0.2, 0) is 23.1 Å². The lowest BCUT2D eigenvalue weighted by Gasteiger charge is -2.15. The Hall–Kier alpha value is -2.09. The fourth-order valence-electron chi connectivity index (χ4n) is 3.22. The number of rotatable bonds is 7. The number of benzene rings is 2. The van der Waals surface area contributed by atoms with E-state index in [1.807, 2.05) is 12.1 Å². The van der Waals surface area contributed by atoms with Crippen LogP contribution in [0.2, 0.25) is 5.02 Å². The zero-order valence-corrected chi connectivity index (χ0v) is 17.3. The first-order valence-corrected chi connectivity index (χ1v) is 11.4. The van der Waals surface area contributed by atoms with Gasteiger partial charge in [-0.1, -0.05) is 35.9 Å². The average Bonchev–Trinajstić information content (AvgIpc) is 3.14. The summed E-state index contributed by atoms with van der Waals surface area (Å²) >= 11 is 6.10. The molecule has 2 N–H and O–H groups in total. The van der Waals surface area contributed by atoms with Gasteiger partial charge >= 0.3 is 0 Å². The largest absolute Gasteiger partial charge is 0.348 e. The molecule has 0 aliphatic carbocycles. The number of likely N-dealkylation sites (tertiary alicyclic amines) is 1. The van der Waals surface area contributed by atoms with Crippen molar-refractivity contribution < 1.29 is 13.2 Å². The van der Waals surface area contributed by atoms with E-state index in [0.717, 1.165) is 31.5 Å². The van der Waals surface area contributed by atoms with Crippen LogP contribution in [0.3, 0.4) is 0 Å². The molecule has 1 fully saturated rings. The van der Waals surface area contributed by atoms with Crippen LogP contribution in [0.15, 0.2) is 42.5 Å². The third-order valence-corrected chi connectivity index (χ3v) is 5.53. The van der Waals surface area contributed by atoms with E-state index in [-0.39, 0.29) is 16.5 Å². The van der Waals surface area contributed by atoms with Gasteiger partial charge in [0.15, 0.2) is 0 Å². The maximum atomic E-state index is 12.5. The van der Waals surface area contributed by atoms with E-state index in [1.54, 1.807) is 0 Å². The third-order valence-electron chi connectivity index (χ3n) is 4.60. The first-order chi connectivity index (χ1) is 13.3. The van der Waals surface area contributed by atoms with E-state index >= 15 is 0 Å². The SMILES string of the molecule is CS(=O)(=O)Nc1ccc(Cl)c(C(=O)NCc2ccc(CN3CCCC3)cc2)c1. The van der Waals surface area contributed by atoms with E-state index in [4.69, 9.17) is 11.6 Å². The predicted molar refractivity (Wildman–Crippen MR) is 112 cm³/mol. The fourth-order valence-corrected chi connectivity index (χ4v) is 3.97. The van der Waals surface area contributed by atoms with Gasteiger partial charge in [0, 0.05) is 18.8 Å². The Labute approximate surface area is 170 Å². The summed E-state index contributed by atoms with van der Waals surface area (Å²) in [6, 6.07) is 12.6. The standard InChI is InChI=1S/C20H24ClN3O3S/c1-28(26,27)23-17-8-9-19(21)18(12-17)20(25)22-13-15-4-6-16(7-5-15)14-24-10-2-3-11-24/h4-9,12,23H,2-3,10-11,13-14H2,1H3,(H,22,25). The molecule has 0 atom stereocenters. The van der Waals surface area contributed by atoms with E-state index in [9.17, 15) is 13.2 Å². The summed E-state index contributed by atoms with van der Waals surface area (Å²) in [5, 5.41) is 3.09. The fraction of sp³-hybridized carbons (Fsp3) is 0.350. The molecule has 1 aliphatic rings. The first-order valence-electron chi connectivity index (χ1n) is 9.16. The molecule has 1 saturated heterocycles. The lowest BCUT2D eigenvalue weighted by molar-refractivity contribution is 0.0951. The monoisotopic (exact) mass is 421 g/mol. The van der Waals surface area contributed by atoms with Gasteiger partial charge < -0.3 is 5.32 Å². The topological polar surface area (TPSA) is 78.5 Å². The maximum absolute atomic E-state index is 12.5. The molecule has 0 radical (unpaired) electrons. The lowest BCUT2D eigenvalue weighted by atomic mass is 10.1. The van der Waals surface area contributed by atoms with Gasteiger partial charge in [-0.3, -0.25) is 14.4 Å². The van der Waals surface area contributed by atoms with Crippen LogP contribution in [0.5, 0.6) is 0 Å². The molecule has 0 unspecified atom stereocenters. The Morgan fingerprint density at radius 1 is 1.07 bits per heavy atom.